The summed E-state index contributed by atoms with van der Waals surface area (Å²) in [6.07, 6.45) is 0.749. The number of rotatable bonds is 7. The van der Waals surface area contributed by atoms with Crippen LogP contribution in [0.2, 0.25) is 0 Å². The zero-order valence-corrected chi connectivity index (χ0v) is 15.4. The van der Waals surface area contributed by atoms with Gasteiger partial charge in [-0.05, 0) is 50.7 Å². The number of likely N-dealkylation sites (N-methyl/N-ethyl adjacent to an activating group) is 1. The van der Waals surface area contributed by atoms with E-state index in [1.807, 2.05) is 37.4 Å². The number of nitrogens with one attached hydrogen (secondary N) is 2. The van der Waals surface area contributed by atoms with Crippen LogP contribution in [-0.2, 0) is 11.2 Å². The van der Waals surface area contributed by atoms with Crippen molar-refractivity contribution in [2.75, 3.05) is 32.6 Å². The number of carbonyl (C=O) groups is 2. The van der Waals surface area contributed by atoms with Crippen molar-refractivity contribution < 1.29 is 19.4 Å². The highest BCUT2D eigenvalue weighted by atomic mass is 16.5. The lowest BCUT2D eigenvalue weighted by Gasteiger charge is -2.06. The van der Waals surface area contributed by atoms with Crippen molar-refractivity contribution in [3.63, 3.8) is 0 Å². The Labute approximate surface area is 154 Å². The first kappa shape index (κ1) is 21.2. The average Bonchev–Trinajstić information content (AvgIpc) is 2.67. The molecule has 0 fully saturated rings. The molecule has 0 unspecified atom stereocenters. The van der Waals surface area contributed by atoms with Crippen molar-refractivity contribution in [3.8, 4) is 0 Å². The molecule has 2 aromatic carbocycles. The van der Waals surface area contributed by atoms with E-state index in [4.69, 9.17) is 9.84 Å². The Morgan fingerprint density at radius 1 is 1.00 bits per heavy atom. The fourth-order valence-corrected chi connectivity index (χ4v) is 2.29. The van der Waals surface area contributed by atoms with Crippen molar-refractivity contribution in [3.05, 3.63) is 65.2 Å². The number of carbonyl (C=O) groups excluding carboxylic acids is 1. The first-order chi connectivity index (χ1) is 12.5. The molecule has 0 aromatic heterocycles. The smallest absolute Gasteiger partial charge is 0.340 e. The van der Waals surface area contributed by atoms with E-state index in [1.165, 1.54) is 0 Å². The van der Waals surface area contributed by atoms with Gasteiger partial charge in [-0.15, -0.1) is 0 Å². The molecule has 0 radical (unpaired) electrons. The van der Waals surface area contributed by atoms with Gasteiger partial charge >= 0.3 is 11.9 Å². The van der Waals surface area contributed by atoms with Crippen molar-refractivity contribution in [2.45, 2.75) is 13.3 Å². The zero-order valence-electron chi connectivity index (χ0n) is 15.4. The third-order valence-corrected chi connectivity index (χ3v) is 3.58. The number of ether oxygens (including phenoxy) is 1. The minimum atomic E-state index is -0.855. The Hall–Kier alpha value is -2.86. The first-order valence-electron chi connectivity index (χ1n) is 8.44. The van der Waals surface area contributed by atoms with Crippen molar-refractivity contribution in [2.24, 2.45) is 0 Å². The molecule has 6 heteroatoms. The van der Waals surface area contributed by atoms with Crippen LogP contribution in [0, 0.1) is 0 Å². The number of anilines is 1. The maximum Gasteiger partial charge on any atom is 0.340 e. The van der Waals surface area contributed by atoms with Crippen LogP contribution in [0.4, 0.5) is 5.69 Å². The van der Waals surface area contributed by atoms with Crippen LogP contribution < -0.4 is 10.6 Å². The summed E-state index contributed by atoms with van der Waals surface area (Å²) < 4.78 is 4.89. The lowest BCUT2D eigenvalue weighted by molar-refractivity contribution is 0.0527. The van der Waals surface area contributed by atoms with Crippen molar-refractivity contribution >= 4 is 17.6 Å². The van der Waals surface area contributed by atoms with Gasteiger partial charge < -0.3 is 20.5 Å². The van der Waals surface area contributed by atoms with Crippen molar-refractivity contribution in [1.29, 1.82) is 0 Å². The molecule has 6 nitrogen and oxygen atoms in total. The number of benzene rings is 2. The van der Waals surface area contributed by atoms with Gasteiger partial charge in [0, 0.05) is 12.7 Å². The molecule has 140 valence electrons. The molecule has 0 spiro atoms. The van der Waals surface area contributed by atoms with Crippen LogP contribution in [-0.4, -0.2) is 44.3 Å². The van der Waals surface area contributed by atoms with Crippen LogP contribution in [0.1, 0.15) is 33.2 Å². The quantitative estimate of drug-likeness (QED) is 0.660. The molecule has 0 aliphatic rings. The Balaban J connectivity index is 0.000000260. The zero-order chi connectivity index (χ0) is 19.4. The van der Waals surface area contributed by atoms with Gasteiger partial charge in [0.2, 0.25) is 0 Å². The number of esters is 1. The van der Waals surface area contributed by atoms with Gasteiger partial charge in [-0.2, -0.15) is 0 Å². The number of carboxylic acid groups (broad SMARTS) is 1. The maximum atomic E-state index is 11.4. The number of carboxylic acids is 1. The van der Waals surface area contributed by atoms with Gasteiger partial charge in [-0.25, -0.2) is 9.59 Å². The third kappa shape index (κ3) is 6.57. The minimum Gasteiger partial charge on any atom is -0.478 e. The molecule has 0 saturated heterocycles. The summed E-state index contributed by atoms with van der Waals surface area (Å²) in [7, 11) is 3.63. The van der Waals surface area contributed by atoms with Crippen LogP contribution in [0.15, 0.2) is 48.5 Å². The second-order valence-electron chi connectivity index (χ2n) is 5.33. The van der Waals surface area contributed by atoms with Gasteiger partial charge in [-0.1, -0.05) is 30.3 Å². The highest BCUT2D eigenvalue weighted by molar-refractivity contribution is 5.95. The molecule has 26 heavy (non-hydrogen) atoms. The predicted molar refractivity (Wildman–Crippen MR) is 103 cm³/mol. The molecule has 0 bridgehead atoms. The Kier molecular flexibility index (Phi) is 9.49. The summed E-state index contributed by atoms with van der Waals surface area (Å²) in [4.78, 5) is 22.1. The molecular weight excluding hydrogens is 332 g/mol. The van der Waals surface area contributed by atoms with Gasteiger partial charge in [0.25, 0.3) is 0 Å². The number of hydrogen-bond donors (Lipinski definition) is 3. The van der Waals surface area contributed by atoms with Gasteiger partial charge in [-0.3, -0.25) is 0 Å². The van der Waals surface area contributed by atoms with Crippen LogP contribution in [0.3, 0.4) is 0 Å². The second-order valence-corrected chi connectivity index (χ2v) is 5.33. The summed E-state index contributed by atoms with van der Waals surface area (Å²) in [6.45, 7) is 2.99. The topological polar surface area (TPSA) is 87.7 Å². The maximum absolute atomic E-state index is 11.4. The molecule has 3 N–H and O–H groups in total. The summed E-state index contributed by atoms with van der Waals surface area (Å²) in [5.74, 6) is -1.14. The normalized spacial score (nSPS) is 9.65. The number of hydrogen-bond acceptors (Lipinski definition) is 5. The molecule has 0 atom stereocenters. The highest BCUT2D eigenvalue weighted by Gasteiger charge is 2.09. The number of para-hydroxylation sites is 1. The Morgan fingerprint density at radius 3 is 2.19 bits per heavy atom. The Bertz CT molecular complexity index is 716. The molecule has 0 aliphatic heterocycles. The molecule has 0 saturated carbocycles. The lowest BCUT2D eigenvalue weighted by Crippen LogP contribution is -2.12. The molecular formula is C20H26N2O4. The van der Waals surface area contributed by atoms with Gasteiger partial charge in [0.05, 0.1) is 17.7 Å². The van der Waals surface area contributed by atoms with E-state index in [2.05, 4.69) is 10.6 Å². The monoisotopic (exact) mass is 358 g/mol. The average molecular weight is 358 g/mol. The minimum absolute atomic E-state index is 0.285. The fraction of sp³-hybridized carbons (Fsp3) is 0.300. The second kappa shape index (κ2) is 11.7. The molecule has 0 heterocycles. The van der Waals surface area contributed by atoms with Crippen LogP contribution in [0.25, 0.3) is 0 Å². The van der Waals surface area contributed by atoms with Crippen LogP contribution >= 0.6 is 0 Å². The van der Waals surface area contributed by atoms with Gasteiger partial charge in [0.1, 0.15) is 0 Å². The van der Waals surface area contributed by atoms with E-state index in [1.54, 1.807) is 32.2 Å². The molecule has 0 amide bonds. The van der Waals surface area contributed by atoms with Crippen molar-refractivity contribution in [1.82, 2.24) is 5.32 Å². The van der Waals surface area contributed by atoms with Crippen LogP contribution in [0.5, 0.6) is 0 Å². The summed E-state index contributed by atoms with van der Waals surface area (Å²) in [6, 6.07) is 14.3. The summed E-state index contributed by atoms with van der Waals surface area (Å²) in [5.41, 5.74) is 2.65. The van der Waals surface area contributed by atoms with E-state index in [0.29, 0.717) is 17.7 Å². The van der Waals surface area contributed by atoms with E-state index in [-0.39, 0.29) is 5.97 Å². The standard InChI is InChI=1S/2C10H13NO2/c1-11-7-6-8-4-2-3-5-9(8)10(12)13;1-3-13-10(12)8-6-4-5-7-9(8)11-2/h2-5,11H,6-7H2,1H3,(H,12,13);4-7,11H,3H2,1-2H3. The summed E-state index contributed by atoms with van der Waals surface area (Å²) >= 11 is 0. The van der Waals surface area contributed by atoms with E-state index in [9.17, 15) is 9.59 Å². The molecule has 2 aromatic rings. The molecule has 0 aliphatic carbocycles. The molecule has 2 rings (SSSR count). The number of aromatic carboxylic acids is 1. The van der Waals surface area contributed by atoms with Gasteiger partial charge in [0.15, 0.2) is 0 Å². The third-order valence-electron chi connectivity index (χ3n) is 3.58. The van der Waals surface area contributed by atoms with E-state index in [0.717, 1.165) is 24.2 Å². The largest absolute Gasteiger partial charge is 0.478 e. The SMILES string of the molecule is CCOC(=O)c1ccccc1NC.CNCCc1ccccc1C(=O)O. The lowest BCUT2D eigenvalue weighted by atomic mass is 10.1. The van der Waals surface area contributed by atoms with E-state index >= 15 is 0 Å². The predicted octanol–water partition coefficient (Wildman–Crippen LogP) is 3.05. The Morgan fingerprint density at radius 2 is 1.62 bits per heavy atom. The first-order valence-corrected chi connectivity index (χ1v) is 8.44. The highest BCUT2D eigenvalue weighted by Crippen LogP contribution is 2.14. The fourth-order valence-electron chi connectivity index (χ4n) is 2.29. The van der Waals surface area contributed by atoms with E-state index < -0.39 is 5.97 Å². The summed E-state index contributed by atoms with van der Waals surface area (Å²) in [5, 5.41) is 14.8.